The molecule has 0 atom stereocenters. The summed E-state index contributed by atoms with van der Waals surface area (Å²) in [7, 11) is -13.5. The topological polar surface area (TPSA) is 68.3 Å². The second-order valence-electron chi connectivity index (χ2n) is 1.34. The van der Waals surface area contributed by atoms with E-state index in [9.17, 15) is 33.4 Å². The SMILES string of the molecule is O=S(=O)(F)C(F)(F)S(=O)(=O)F. The zero-order valence-electron chi connectivity index (χ0n) is 4.46. The molecule has 10 heteroatoms. The van der Waals surface area contributed by atoms with E-state index in [0.717, 1.165) is 0 Å². The Morgan fingerprint density at radius 3 is 1.00 bits per heavy atom. The lowest BCUT2D eigenvalue weighted by Crippen LogP contribution is -2.32. The summed E-state index contributed by atoms with van der Waals surface area (Å²) in [5.41, 5.74) is 0. The highest BCUT2D eigenvalue weighted by molar-refractivity contribution is 8.05. The second-order valence-corrected chi connectivity index (χ2v) is 4.37. The van der Waals surface area contributed by atoms with Gasteiger partial charge in [0.15, 0.2) is 0 Å². The van der Waals surface area contributed by atoms with Crippen molar-refractivity contribution in [2.24, 2.45) is 0 Å². The van der Waals surface area contributed by atoms with Crippen LogP contribution in [-0.4, -0.2) is 21.4 Å². The molecule has 68 valence electrons. The molecular weight excluding hydrogens is 216 g/mol. The minimum absolute atomic E-state index is 6.01. The average Bonchev–Trinajstić information content (AvgIpc) is 1.58. The maximum absolute atomic E-state index is 11.5. The third-order valence-corrected chi connectivity index (χ3v) is 2.90. The van der Waals surface area contributed by atoms with E-state index in [1.807, 2.05) is 0 Å². The zero-order chi connectivity index (χ0) is 9.50. The van der Waals surface area contributed by atoms with Gasteiger partial charge in [-0.1, -0.05) is 7.77 Å². The van der Waals surface area contributed by atoms with Crippen LogP contribution in [0.2, 0.25) is 0 Å². The molecule has 0 radical (unpaired) electrons. The van der Waals surface area contributed by atoms with Crippen molar-refractivity contribution in [1.29, 1.82) is 0 Å². The minimum Gasteiger partial charge on any atom is -0.187 e. The Hall–Kier alpha value is -0.380. The Morgan fingerprint density at radius 1 is 0.818 bits per heavy atom. The highest BCUT2D eigenvalue weighted by Gasteiger charge is 2.59. The molecule has 0 rings (SSSR count). The lowest BCUT2D eigenvalue weighted by atomic mass is 11.6. The molecule has 0 aliphatic heterocycles. The van der Waals surface area contributed by atoms with Gasteiger partial charge in [0, 0.05) is 0 Å². The normalized spacial score (nSPS) is 14.9. The van der Waals surface area contributed by atoms with Gasteiger partial charge in [-0.2, -0.15) is 25.6 Å². The highest BCUT2D eigenvalue weighted by atomic mass is 32.3. The zero-order valence-corrected chi connectivity index (χ0v) is 6.09. The quantitative estimate of drug-likeness (QED) is 0.486. The van der Waals surface area contributed by atoms with Crippen molar-refractivity contribution in [2.45, 2.75) is 4.59 Å². The van der Waals surface area contributed by atoms with Crippen molar-refractivity contribution in [3.8, 4) is 0 Å². The van der Waals surface area contributed by atoms with Crippen molar-refractivity contribution in [3.05, 3.63) is 0 Å². The Balaban J connectivity index is 5.45. The van der Waals surface area contributed by atoms with Gasteiger partial charge >= 0.3 is 25.0 Å². The summed E-state index contributed by atoms with van der Waals surface area (Å²) >= 11 is 0. The summed E-state index contributed by atoms with van der Waals surface area (Å²) in [6.45, 7) is 0. The van der Waals surface area contributed by atoms with Crippen molar-refractivity contribution in [2.75, 3.05) is 0 Å². The summed E-state index contributed by atoms with van der Waals surface area (Å²) in [5, 5.41) is 0. The summed E-state index contributed by atoms with van der Waals surface area (Å²) in [4.78, 5) is 0. The summed E-state index contributed by atoms with van der Waals surface area (Å²) < 4.78 is 76.6. The van der Waals surface area contributed by atoms with Crippen molar-refractivity contribution < 1.29 is 33.4 Å². The first-order valence-electron chi connectivity index (χ1n) is 1.76. The van der Waals surface area contributed by atoms with Crippen molar-refractivity contribution in [1.82, 2.24) is 0 Å². The van der Waals surface area contributed by atoms with E-state index in [4.69, 9.17) is 0 Å². The molecule has 0 saturated carbocycles. The number of hydrogen-bond acceptors (Lipinski definition) is 4. The molecule has 0 aromatic carbocycles. The smallest absolute Gasteiger partial charge is 0.187 e. The van der Waals surface area contributed by atoms with Crippen molar-refractivity contribution >= 4 is 20.4 Å². The Bertz CT molecular complexity index is 302. The first-order valence-corrected chi connectivity index (χ1v) is 4.53. The molecule has 0 aromatic heterocycles. The van der Waals surface area contributed by atoms with Crippen LogP contribution >= 0.6 is 0 Å². The Kier molecular flexibility index (Phi) is 2.22. The van der Waals surface area contributed by atoms with E-state index in [-0.39, 0.29) is 0 Å². The van der Waals surface area contributed by atoms with Gasteiger partial charge in [0.25, 0.3) is 0 Å². The fourth-order valence-electron chi connectivity index (χ4n) is 0.119. The van der Waals surface area contributed by atoms with E-state index >= 15 is 0 Å². The number of hydrogen-bond donors (Lipinski definition) is 0. The van der Waals surface area contributed by atoms with Crippen LogP contribution < -0.4 is 0 Å². The molecule has 11 heavy (non-hydrogen) atoms. The largest absolute Gasteiger partial charge is 0.504 e. The Labute approximate surface area is 59.2 Å². The highest BCUT2D eigenvalue weighted by Crippen LogP contribution is 2.30. The molecule has 4 nitrogen and oxygen atoms in total. The third kappa shape index (κ3) is 1.80. The van der Waals surface area contributed by atoms with Crippen LogP contribution in [0.4, 0.5) is 16.6 Å². The van der Waals surface area contributed by atoms with Crippen LogP contribution in [0.15, 0.2) is 0 Å². The molecule has 0 aliphatic rings. The fraction of sp³-hybridized carbons (Fsp3) is 1.00. The van der Waals surface area contributed by atoms with Gasteiger partial charge in [-0.05, 0) is 0 Å². The summed E-state index contributed by atoms with van der Waals surface area (Å²) in [6, 6.07) is 0. The molecule has 0 heterocycles. The molecule has 0 aromatic rings. The first-order chi connectivity index (χ1) is 4.50. The maximum atomic E-state index is 11.5. The van der Waals surface area contributed by atoms with E-state index < -0.39 is 25.0 Å². The summed E-state index contributed by atoms with van der Waals surface area (Å²) in [5.74, 6) is 0. The lowest BCUT2D eigenvalue weighted by Gasteiger charge is -2.03. The van der Waals surface area contributed by atoms with Crippen LogP contribution in [0.25, 0.3) is 0 Å². The molecule has 0 bridgehead atoms. The lowest BCUT2D eigenvalue weighted by molar-refractivity contribution is 0.166. The molecule has 0 spiro atoms. The predicted molar refractivity (Wildman–Crippen MR) is 25.0 cm³/mol. The van der Waals surface area contributed by atoms with Gasteiger partial charge in [0.2, 0.25) is 0 Å². The van der Waals surface area contributed by atoms with Crippen LogP contribution in [-0.2, 0) is 20.4 Å². The molecule has 0 unspecified atom stereocenters. The maximum Gasteiger partial charge on any atom is 0.504 e. The van der Waals surface area contributed by atoms with Gasteiger partial charge < -0.3 is 0 Å². The molecule has 0 fully saturated rings. The van der Waals surface area contributed by atoms with Crippen LogP contribution in [0, 0.1) is 0 Å². The van der Waals surface area contributed by atoms with E-state index in [0.29, 0.717) is 0 Å². The molecule has 0 N–H and O–H groups in total. The van der Waals surface area contributed by atoms with Gasteiger partial charge in [0.05, 0.1) is 0 Å². The van der Waals surface area contributed by atoms with Crippen molar-refractivity contribution in [3.63, 3.8) is 0 Å². The first kappa shape index (κ1) is 10.6. The molecule has 0 saturated heterocycles. The van der Waals surface area contributed by atoms with E-state index in [1.54, 1.807) is 0 Å². The molecule has 0 aliphatic carbocycles. The summed E-state index contributed by atoms with van der Waals surface area (Å²) in [6.07, 6.45) is 0. The third-order valence-electron chi connectivity index (χ3n) is 0.568. The monoisotopic (exact) mass is 216 g/mol. The standard InChI is InChI=1S/CF4O4S2/c2-1(3,10(4,6)7)11(5,8)9. The second kappa shape index (κ2) is 2.30. The minimum atomic E-state index is -6.76. The number of rotatable bonds is 2. The van der Waals surface area contributed by atoms with Gasteiger partial charge in [-0.15, -0.1) is 0 Å². The van der Waals surface area contributed by atoms with Gasteiger partial charge in [0.1, 0.15) is 0 Å². The fourth-order valence-corrected chi connectivity index (χ4v) is 1.07. The van der Waals surface area contributed by atoms with Crippen LogP contribution in [0.3, 0.4) is 0 Å². The van der Waals surface area contributed by atoms with Crippen LogP contribution in [0.1, 0.15) is 0 Å². The number of halogens is 4. The molecule has 0 amide bonds. The predicted octanol–water partition coefficient (Wildman–Crippen LogP) is 0.135. The average molecular weight is 216 g/mol. The van der Waals surface area contributed by atoms with E-state index in [2.05, 4.69) is 0 Å². The number of alkyl halides is 2. The van der Waals surface area contributed by atoms with E-state index in [1.165, 1.54) is 0 Å². The van der Waals surface area contributed by atoms with Gasteiger partial charge in [-0.3, -0.25) is 0 Å². The van der Waals surface area contributed by atoms with Crippen LogP contribution in [0.5, 0.6) is 0 Å². The molecular formula is CF4O4S2. The Morgan fingerprint density at radius 2 is 1.00 bits per heavy atom. The van der Waals surface area contributed by atoms with Gasteiger partial charge in [-0.25, -0.2) is 0 Å².